The van der Waals surface area contributed by atoms with Gasteiger partial charge in [0.05, 0.1) is 29.8 Å². The molecule has 0 radical (unpaired) electrons. The fraction of sp³-hybridized carbons (Fsp3) is 0.130. The maximum absolute atomic E-state index is 12.3. The van der Waals surface area contributed by atoms with Gasteiger partial charge >= 0.3 is 5.97 Å². The van der Waals surface area contributed by atoms with Crippen molar-refractivity contribution < 1.29 is 9.53 Å². The molecule has 2 aromatic carbocycles. The molecule has 0 atom stereocenters. The zero-order chi connectivity index (χ0) is 20.9. The number of nitriles is 1. The third kappa shape index (κ3) is 4.14. The van der Waals surface area contributed by atoms with E-state index in [-0.39, 0.29) is 31.1 Å². The van der Waals surface area contributed by atoms with Gasteiger partial charge in [-0.3, -0.25) is 14.2 Å². The lowest BCUT2D eigenvalue weighted by molar-refractivity contribution is -0.145. The van der Waals surface area contributed by atoms with E-state index < -0.39 is 0 Å². The third-order valence-corrected chi connectivity index (χ3v) is 5.54. The summed E-state index contributed by atoms with van der Waals surface area (Å²) in [6.45, 7) is 0.371. The van der Waals surface area contributed by atoms with Gasteiger partial charge in [-0.25, -0.2) is 4.98 Å². The van der Waals surface area contributed by atoms with Crippen molar-refractivity contribution in [2.45, 2.75) is 19.6 Å². The summed E-state index contributed by atoms with van der Waals surface area (Å²) in [4.78, 5) is 29.4. The lowest BCUT2D eigenvalue weighted by atomic mass is 9.99. The Labute approximate surface area is 176 Å². The molecule has 0 bridgehead atoms. The Hall–Kier alpha value is -3.76. The Kier molecular flexibility index (Phi) is 5.68. The molecule has 0 saturated heterocycles. The van der Waals surface area contributed by atoms with Crippen molar-refractivity contribution in [3.8, 4) is 17.2 Å². The normalized spacial score (nSPS) is 10.6. The highest BCUT2D eigenvalue weighted by Crippen LogP contribution is 2.23. The molecule has 0 fully saturated rings. The molecule has 0 unspecified atom stereocenters. The maximum atomic E-state index is 12.3. The fourth-order valence-electron chi connectivity index (χ4n) is 3.11. The molecule has 148 valence electrons. The number of carbonyl (C=O) groups is 1. The van der Waals surface area contributed by atoms with E-state index in [1.807, 2.05) is 47.8 Å². The zero-order valence-corrected chi connectivity index (χ0v) is 16.8. The minimum atomic E-state index is -0.383. The monoisotopic (exact) mass is 415 g/mol. The number of carbonyl (C=O) groups excluding carboxylic acids is 1. The average molecular weight is 415 g/mol. The van der Waals surface area contributed by atoms with Gasteiger partial charge in [-0.1, -0.05) is 42.5 Å². The molecule has 0 spiro atoms. The SMILES string of the molecule is N#Cc1ccccc1-c1ccc(COC(=O)CCn2cnc3sccc3c2=O)cc1. The molecule has 0 aliphatic carbocycles. The largest absolute Gasteiger partial charge is 0.461 e. The molecule has 4 aromatic rings. The van der Waals surface area contributed by atoms with Gasteiger partial charge in [0.1, 0.15) is 11.4 Å². The van der Waals surface area contributed by atoms with Crippen LogP contribution >= 0.6 is 11.3 Å². The summed E-state index contributed by atoms with van der Waals surface area (Å²) in [6, 6.07) is 18.9. The molecule has 4 rings (SSSR count). The van der Waals surface area contributed by atoms with Crippen LogP contribution in [0.4, 0.5) is 0 Å². The standard InChI is InChI=1S/C23H17N3O3S/c24-13-18-3-1-2-4-19(18)17-7-5-16(6-8-17)14-29-21(27)9-11-26-15-25-22-20(23(26)28)10-12-30-22/h1-8,10,12,15H,9,11,14H2. The number of hydrogen-bond acceptors (Lipinski definition) is 6. The van der Waals surface area contributed by atoms with Gasteiger partial charge in [-0.2, -0.15) is 5.26 Å². The molecule has 0 aliphatic rings. The molecule has 0 N–H and O–H groups in total. The number of rotatable bonds is 6. The molecule has 2 aromatic heterocycles. The summed E-state index contributed by atoms with van der Waals surface area (Å²) in [6.07, 6.45) is 1.55. The van der Waals surface area contributed by atoms with E-state index in [4.69, 9.17) is 4.74 Å². The van der Waals surface area contributed by atoms with E-state index in [1.54, 1.807) is 12.1 Å². The van der Waals surface area contributed by atoms with E-state index in [0.717, 1.165) is 16.7 Å². The van der Waals surface area contributed by atoms with Crippen molar-refractivity contribution in [3.63, 3.8) is 0 Å². The summed E-state index contributed by atoms with van der Waals surface area (Å²) < 4.78 is 6.76. The molecule has 2 heterocycles. The van der Waals surface area contributed by atoms with E-state index in [2.05, 4.69) is 11.1 Å². The number of thiophene rings is 1. The van der Waals surface area contributed by atoms with E-state index >= 15 is 0 Å². The Bertz CT molecular complexity index is 1300. The molecule has 0 aliphatic heterocycles. The predicted molar refractivity (Wildman–Crippen MR) is 115 cm³/mol. The number of benzene rings is 2. The van der Waals surface area contributed by atoms with Crippen LogP contribution in [0.1, 0.15) is 17.5 Å². The van der Waals surface area contributed by atoms with Crippen molar-refractivity contribution in [1.82, 2.24) is 9.55 Å². The Morgan fingerprint density at radius 2 is 1.93 bits per heavy atom. The number of aryl methyl sites for hydroxylation is 1. The second kappa shape index (κ2) is 8.72. The first-order valence-electron chi connectivity index (χ1n) is 9.32. The zero-order valence-electron chi connectivity index (χ0n) is 15.9. The maximum Gasteiger partial charge on any atom is 0.307 e. The van der Waals surface area contributed by atoms with Gasteiger partial charge in [0.2, 0.25) is 0 Å². The van der Waals surface area contributed by atoms with Crippen LogP contribution in [-0.2, 0) is 22.7 Å². The van der Waals surface area contributed by atoms with Crippen molar-refractivity contribution in [3.05, 3.63) is 87.8 Å². The number of fused-ring (bicyclic) bond motifs is 1. The van der Waals surface area contributed by atoms with Crippen LogP contribution in [0.2, 0.25) is 0 Å². The molecule has 7 heteroatoms. The van der Waals surface area contributed by atoms with Crippen LogP contribution in [0.5, 0.6) is 0 Å². The van der Waals surface area contributed by atoms with Gasteiger partial charge in [0.25, 0.3) is 5.56 Å². The highest BCUT2D eigenvalue weighted by Gasteiger charge is 2.09. The summed E-state index contributed by atoms with van der Waals surface area (Å²) >= 11 is 1.41. The third-order valence-electron chi connectivity index (χ3n) is 4.72. The molecule has 0 amide bonds. The minimum absolute atomic E-state index is 0.0882. The highest BCUT2D eigenvalue weighted by molar-refractivity contribution is 7.16. The molecule has 6 nitrogen and oxygen atoms in total. The number of aromatic nitrogens is 2. The molecule has 30 heavy (non-hydrogen) atoms. The van der Waals surface area contributed by atoms with Crippen LogP contribution in [0.3, 0.4) is 0 Å². The molecule has 0 saturated carbocycles. The summed E-state index contributed by atoms with van der Waals surface area (Å²) in [5.74, 6) is -0.383. The lowest BCUT2D eigenvalue weighted by Gasteiger charge is -2.08. The summed E-state index contributed by atoms with van der Waals surface area (Å²) in [7, 11) is 0. The molecular weight excluding hydrogens is 398 g/mol. The quantitative estimate of drug-likeness (QED) is 0.442. The highest BCUT2D eigenvalue weighted by atomic mass is 32.1. The van der Waals surface area contributed by atoms with Crippen LogP contribution in [0.15, 0.2) is 71.1 Å². The second-order valence-corrected chi connectivity index (χ2v) is 7.54. The summed E-state index contributed by atoms with van der Waals surface area (Å²) in [5, 5.41) is 11.6. The van der Waals surface area contributed by atoms with E-state index in [0.29, 0.717) is 15.8 Å². The minimum Gasteiger partial charge on any atom is -0.461 e. The predicted octanol–water partition coefficient (Wildman–Crippen LogP) is 4.13. The number of hydrogen-bond donors (Lipinski definition) is 0. The van der Waals surface area contributed by atoms with Gasteiger partial charge in [-0.05, 0) is 34.2 Å². The summed E-state index contributed by atoms with van der Waals surface area (Å²) in [5.41, 5.74) is 3.10. The first kappa shape index (κ1) is 19.6. The van der Waals surface area contributed by atoms with Gasteiger partial charge < -0.3 is 4.74 Å². The second-order valence-electron chi connectivity index (χ2n) is 6.65. The van der Waals surface area contributed by atoms with Crippen molar-refractivity contribution in [2.75, 3.05) is 0 Å². The first-order chi connectivity index (χ1) is 14.7. The van der Waals surface area contributed by atoms with Crippen molar-refractivity contribution >= 4 is 27.5 Å². The van der Waals surface area contributed by atoms with E-state index in [1.165, 1.54) is 22.2 Å². The van der Waals surface area contributed by atoms with Crippen LogP contribution in [-0.4, -0.2) is 15.5 Å². The Morgan fingerprint density at radius 3 is 2.73 bits per heavy atom. The number of nitrogens with zero attached hydrogens (tertiary/aromatic N) is 3. The fourth-order valence-corrected chi connectivity index (χ4v) is 3.84. The lowest BCUT2D eigenvalue weighted by Crippen LogP contribution is -2.21. The number of esters is 1. The van der Waals surface area contributed by atoms with Crippen LogP contribution in [0.25, 0.3) is 21.3 Å². The Morgan fingerprint density at radius 1 is 1.13 bits per heavy atom. The topological polar surface area (TPSA) is 85.0 Å². The van der Waals surface area contributed by atoms with Crippen LogP contribution in [0, 0.1) is 11.3 Å². The van der Waals surface area contributed by atoms with Crippen molar-refractivity contribution in [1.29, 1.82) is 5.26 Å². The number of ether oxygens (including phenoxy) is 1. The average Bonchev–Trinajstić information content (AvgIpc) is 3.27. The smallest absolute Gasteiger partial charge is 0.307 e. The van der Waals surface area contributed by atoms with Gasteiger partial charge in [-0.15, -0.1) is 11.3 Å². The Balaban J connectivity index is 1.34. The van der Waals surface area contributed by atoms with Crippen LogP contribution < -0.4 is 5.56 Å². The van der Waals surface area contributed by atoms with Gasteiger partial charge in [0.15, 0.2) is 0 Å². The van der Waals surface area contributed by atoms with E-state index in [9.17, 15) is 14.9 Å². The first-order valence-corrected chi connectivity index (χ1v) is 10.2. The van der Waals surface area contributed by atoms with Crippen molar-refractivity contribution in [2.24, 2.45) is 0 Å². The molecular formula is C23H17N3O3S. The van der Waals surface area contributed by atoms with Gasteiger partial charge in [0, 0.05) is 6.54 Å².